The lowest BCUT2D eigenvalue weighted by atomic mass is 10.1. The van der Waals surface area contributed by atoms with Crippen LogP contribution in [0.1, 0.15) is 24.1 Å². The van der Waals surface area contributed by atoms with Crippen LogP contribution in [-0.2, 0) is 10.0 Å². The first kappa shape index (κ1) is 17.8. The molecule has 1 unspecified atom stereocenters. The first-order valence-electron chi connectivity index (χ1n) is 8.71. The highest BCUT2D eigenvalue weighted by Crippen LogP contribution is 2.33. The van der Waals surface area contributed by atoms with Crippen molar-refractivity contribution in [2.24, 2.45) is 0 Å². The van der Waals surface area contributed by atoms with Crippen LogP contribution < -0.4 is 14.2 Å². The molecular weight excluding hydrogens is 364 g/mol. The Morgan fingerprint density at radius 1 is 1.07 bits per heavy atom. The quantitative estimate of drug-likeness (QED) is 0.746. The van der Waals surface area contributed by atoms with E-state index in [9.17, 15) is 8.42 Å². The Bertz CT molecular complexity index is 1110. The molecule has 2 aromatic carbocycles. The van der Waals surface area contributed by atoms with Crippen molar-refractivity contribution in [3.63, 3.8) is 0 Å². The van der Waals surface area contributed by atoms with E-state index in [1.165, 1.54) is 0 Å². The summed E-state index contributed by atoms with van der Waals surface area (Å²) in [4.78, 5) is 4.50. The summed E-state index contributed by atoms with van der Waals surface area (Å²) in [6, 6.07) is 12.1. The Kier molecular flexibility index (Phi) is 4.49. The van der Waals surface area contributed by atoms with Gasteiger partial charge in [-0.25, -0.2) is 13.1 Å². The second kappa shape index (κ2) is 6.83. The van der Waals surface area contributed by atoms with Crippen LogP contribution in [0, 0.1) is 6.92 Å². The van der Waals surface area contributed by atoms with Crippen molar-refractivity contribution in [2.45, 2.75) is 24.8 Å². The fourth-order valence-corrected chi connectivity index (χ4v) is 4.56. The van der Waals surface area contributed by atoms with Crippen LogP contribution in [-0.4, -0.2) is 26.6 Å². The molecule has 0 amide bonds. The van der Waals surface area contributed by atoms with Gasteiger partial charge in [0.15, 0.2) is 11.5 Å². The number of hydrogen-bond acceptors (Lipinski definition) is 5. The number of sulfonamides is 1. The highest BCUT2D eigenvalue weighted by molar-refractivity contribution is 7.89. The van der Waals surface area contributed by atoms with Crippen molar-refractivity contribution < 1.29 is 17.9 Å². The maximum absolute atomic E-state index is 13.0. The van der Waals surface area contributed by atoms with Crippen LogP contribution in [0.5, 0.6) is 11.5 Å². The third-order valence-corrected chi connectivity index (χ3v) is 6.07. The van der Waals surface area contributed by atoms with Gasteiger partial charge in [-0.15, -0.1) is 0 Å². The highest BCUT2D eigenvalue weighted by Gasteiger charge is 2.22. The topological polar surface area (TPSA) is 77.5 Å². The molecule has 7 heteroatoms. The zero-order valence-corrected chi connectivity index (χ0v) is 15.9. The number of hydrogen-bond donors (Lipinski definition) is 1. The van der Waals surface area contributed by atoms with Crippen LogP contribution in [0.2, 0.25) is 0 Å². The fraction of sp³-hybridized carbons (Fsp3) is 0.250. The Morgan fingerprint density at radius 2 is 1.85 bits per heavy atom. The van der Waals surface area contributed by atoms with Crippen molar-refractivity contribution >= 4 is 20.9 Å². The van der Waals surface area contributed by atoms with E-state index < -0.39 is 16.1 Å². The molecule has 2 heterocycles. The zero-order valence-electron chi connectivity index (χ0n) is 15.1. The molecule has 140 valence electrons. The first-order chi connectivity index (χ1) is 12.9. The van der Waals surface area contributed by atoms with Crippen molar-refractivity contribution in [3.05, 3.63) is 59.8 Å². The summed E-state index contributed by atoms with van der Waals surface area (Å²) in [5, 5.41) is 0.796. The molecule has 1 atom stereocenters. The maximum atomic E-state index is 13.0. The van der Waals surface area contributed by atoms with E-state index >= 15 is 0 Å². The van der Waals surface area contributed by atoms with Gasteiger partial charge in [-0.2, -0.15) is 0 Å². The molecule has 1 aromatic heterocycles. The first-order valence-corrected chi connectivity index (χ1v) is 10.2. The normalized spacial score (nSPS) is 14.9. The highest BCUT2D eigenvalue weighted by atomic mass is 32.2. The summed E-state index contributed by atoms with van der Waals surface area (Å²) in [5.74, 6) is 1.31. The second-order valence-electron chi connectivity index (χ2n) is 6.59. The molecule has 0 bridgehead atoms. The number of fused-ring (bicyclic) bond motifs is 2. The van der Waals surface area contributed by atoms with Gasteiger partial charge in [-0.1, -0.05) is 18.2 Å². The lowest BCUT2D eigenvalue weighted by Gasteiger charge is -2.21. The van der Waals surface area contributed by atoms with E-state index in [0.29, 0.717) is 30.2 Å². The standard InChI is InChI=1S/C20H20N2O4S/c1-13-10-16-4-3-5-19(20(16)21-12-13)27(23,24)22-14(2)15-6-7-17-18(11-15)26-9-8-25-17/h3-7,10-12,14,22H,8-9H2,1-2H3. The number of nitrogens with one attached hydrogen (secondary N) is 1. The van der Waals surface area contributed by atoms with Crippen LogP contribution in [0.3, 0.4) is 0 Å². The van der Waals surface area contributed by atoms with Gasteiger partial charge in [-0.3, -0.25) is 4.98 Å². The van der Waals surface area contributed by atoms with E-state index in [1.54, 1.807) is 31.3 Å². The Labute approximate surface area is 158 Å². The third kappa shape index (κ3) is 3.48. The fourth-order valence-electron chi connectivity index (χ4n) is 3.15. The third-order valence-electron chi connectivity index (χ3n) is 4.50. The van der Waals surface area contributed by atoms with Gasteiger partial charge in [0.25, 0.3) is 0 Å². The van der Waals surface area contributed by atoms with E-state index in [-0.39, 0.29) is 4.90 Å². The largest absolute Gasteiger partial charge is 0.486 e. The van der Waals surface area contributed by atoms with E-state index in [1.807, 2.05) is 31.2 Å². The van der Waals surface area contributed by atoms with Crippen molar-refractivity contribution in [1.29, 1.82) is 0 Å². The lowest BCUT2D eigenvalue weighted by Crippen LogP contribution is -2.27. The van der Waals surface area contributed by atoms with Crippen molar-refractivity contribution in [3.8, 4) is 11.5 Å². The molecule has 0 radical (unpaired) electrons. The number of pyridine rings is 1. The maximum Gasteiger partial charge on any atom is 0.243 e. The molecule has 0 saturated heterocycles. The van der Waals surface area contributed by atoms with Gasteiger partial charge >= 0.3 is 0 Å². The summed E-state index contributed by atoms with van der Waals surface area (Å²) in [7, 11) is -3.75. The van der Waals surface area contributed by atoms with Crippen molar-refractivity contribution in [2.75, 3.05) is 13.2 Å². The minimum Gasteiger partial charge on any atom is -0.486 e. The van der Waals surface area contributed by atoms with Crippen LogP contribution in [0.15, 0.2) is 53.6 Å². The summed E-state index contributed by atoms with van der Waals surface area (Å²) in [6.07, 6.45) is 1.67. The molecule has 27 heavy (non-hydrogen) atoms. The van der Waals surface area contributed by atoms with Crippen LogP contribution >= 0.6 is 0 Å². The number of ether oxygens (including phenoxy) is 2. The summed E-state index contributed by atoms with van der Waals surface area (Å²) < 4.78 is 39.8. The van der Waals surface area contributed by atoms with Gasteiger partial charge in [-0.05, 0) is 49.2 Å². The molecule has 0 aliphatic carbocycles. The molecular formula is C20H20N2O4S. The molecule has 6 nitrogen and oxygen atoms in total. The zero-order chi connectivity index (χ0) is 19.0. The Morgan fingerprint density at radius 3 is 2.67 bits per heavy atom. The molecule has 0 spiro atoms. The van der Waals surface area contributed by atoms with Crippen LogP contribution in [0.4, 0.5) is 0 Å². The number of rotatable bonds is 4. The molecule has 0 saturated carbocycles. The Balaban J connectivity index is 1.65. The SMILES string of the molecule is Cc1cnc2c(S(=O)(=O)NC(C)c3ccc4c(c3)OCCO4)cccc2c1. The molecule has 4 rings (SSSR count). The summed E-state index contributed by atoms with van der Waals surface area (Å²) >= 11 is 0. The molecule has 3 aromatic rings. The van der Waals surface area contributed by atoms with Gasteiger partial charge < -0.3 is 9.47 Å². The van der Waals surface area contributed by atoms with E-state index in [0.717, 1.165) is 16.5 Å². The second-order valence-corrected chi connectivity index (χ2v) is 8.27. The van der Waals surface area contributed by atoms with E-state index in [4.69, 9.17) is 9.47 Å². The number of aryl methyl sites for hydroxylation is 1. The molecule has 1 aliphatic heterocycles. The minimum absolute atomic E-state index is 0.171. The van der Waals surface area contributed by atoms with E-state index in [2.05, 4.69) is 9.71 Å². The summed E-state index contributed by atoms with van der Waals surface area (Å²) in [6.45, 7) is 4.72. The number of nitrogens with zero attached hydrogens (tertiary/aromatic N) is 1. The number of aromatic nitrogens is 1. The Hall–Kier alpha value is -2.64. The van der Waals surface area contributed by atoms with Crippen LogP contribution in [0.25, 0.3) is 10.9 Å². The average Bonchev–Trinajstić information content (AvgIpc) is 2.66. The van der Waals surface area contributed by atoms with Gasteiger partial charge in [0.1, 0.15) is 18.1 Å². The number of benzene rings is 2. The average molecular weight is 384 g/mol. The van der Waals surface area contributed by atoms with Crippen molar-refractivity contribution in [1.82, 2.24) is 9.71 Å². The minimum atomic E-state index is -3.75. The molecule has 1 aliphatic rings. The molecule has 1 N–H and O–H groups in total. The lowest BCUT2D eigenvalue weighted by molar-refractivity contribution is 0.171. The van der Waals surface area contributed by atoms with Gasteiger partial charge in [0.2, 0.25) is 10.0 Å². The number of para-hydroxylation sites is 1. The smallest absolute Gasteiger partial charge is 0.243 e. The predicted molar refractivity (Wildman–Crippen MR) is 103 cm³/mol. The van der Waals surface area contributed by atoms with Gasteiger partial charge in [0, 0.05) is 17.6 Å². The monoisotopic (exact) mass is 384 g/mol. The molecule has 0 fully saturated rings. The predicted octanol–water partition coefficient (Wildman–Crippen LogP) is 3.35. The summed E-state index contributed by atoms with van der Waals surface area (Å²) in [5.41, 5.74) is 2.24. The van der Waals surface area contributed by atoms with Gasteiger partial charge in [0.05, 0.1) is 5.52 Å².